The van der Waals surface area contributed by atoms with E-state index < -0.39 is 16.1 Å². The third-order valence-corrected chi connectivity index (χ3v) is 6.67. The van der Waals surface area contributed by atoms with Crippen LogP contribution in [0.1, 0.15) is 45.0 Å². The molecule has 0 bridgehead atoms. The predicted molar refractivity (Wildman–Crippen MR) is 89.7 cm³/mol. The molecule has 1 saturated heterocycles. The Labute approximate surface area is 139 Å². The Hall–Kier alpha value is -0.920. The van der Waals surface area contributed by atoms with Gasteiger partial charge < -0.3 is 5.11 Å². The van der Waals surface area contributed by atoms with Crippen LogP contribution in [0.5, 0.6) is 0 Å². The zero-order chi connectivity index (χ0) is 17.4. The summed E-state index contributed by atoms with van der Waals surface area (Å²) in [5.41, 5.74) is 1.26. The number of nitrogens with zero attached hydrogens (tertiary/aromatic N) is 3. The van der Waals surface area contributed by atoms with Crippen molar-refractivity contribution in [1.29, 1.82) is 0 Å². The van der Waals surface area contributed by atoms with E-state index in [0.29, 0.717) is 41.8 Å². The second-order valence-electron chi connectivity index (χ2n) is 7.08. The number of hydrogen-bond donors (Lipinski definition) is 1. The molecule has 6 nitrogen and oxygen atoms in total. The van der Waals surface area contributed by atoms with Gasteiger partial charge in [-0.3, -0.25) is 4.68 Å². The molecule has 0 saturated carbocycles. The fraction of sp³-hybridized carbons (Fsp3) is 0.812. The number of hydrogen-bond acceptors (Lipinski definition) is 4. The van der Waals surface area contributed by atoms with Crippen molar-refractivity contribution in [2.75, 3.05) is 13.1 Å². The molecule has 1 N–H and O–H groups in total. The molecule has 2 atom stereocenters. The molecule has 0 amide bonds. The van der Waals surface area contributed by atoms with Crippen molar-refractivity contribution < 1.29 is 13.5 Å². The van der Waals surface area contributed by atoms with Crippen LogP contribution in [0.2, 0.25) is 0 Å². The summed E-state index contributed by atoms with van der Waals surface area (Å²) >= 11 is 0. The normalized spacial score (nSPS) is 21.8. The van der Waals surface area contributed by atoms with Crippen molar-refractivity contribution in [2.24, 2.45) is 11.8 Å². The molecule has 23 heavy (non-hydrogen) atoms. The van der Waals surface area contributed by atoms with Crippen LogP contribution in [0.15, 0.2) is 4.90 Å². The van der Waals surface area contributed by atoms with Gasteiger partial charge in [0.2, 0.25) is 10.0 Å². The van der Waals surface area contributed by atoms with Gasteiger partial charge in [0.05, 0.1) is 17.5 Å². The first-order valence-corrected chi connectivity index (χ1v) is 9.80. The molecule has 1 aromatic rings. The van der Waals surface area contributed by atoms with Gasteiger partial charge in [0.25, 0.3) is 0 Å². The third-order valence-electron chi connectivity index (χ3n) is 4.55. The summed E-state index contributed by atoms with van der Waals surface area (Å²) in [6.45, 7) is 11.1. The van der Waals surface area contributed by atoms with Gasteiger partial charge in [0.1, 0.15) is 4.90 Å². The molecule has 2 rings (SSSR count). The van der Waals surface area contributed by atoms with Gasteiger partial charge >= 0.3 is 0 Å². The van der Waals surface area contributed by atoms with Gasteiger partial charge in [0.15, 0.2) is 0 Å². The summed E-state index contributed by atoms with van der Waals surface area (Å²) in [6.07, 6.45) is 1.17. The first-order valence-electron chi connectivity index (χ1n) is 8.36. The fourth-order valence-electron chi connectivity index (χ4n) is 3.29. The highest BCUT2D eigenvalue weighted by molar-refractivity contribution is 7.89. The minimum Gasteiger partial charge on any atom is -0.393 e. The molecule has 0 aliphatic carbocycles. The van der Waals surface area contributed by atoms with E-state index in [2.05, 4.69) is 18.9 Å². The van der Waals surface area contributed by atoms with Crippen molar-refractivity contribution in [3.05, 3.63) is 11.4 Å². The number of aromatic nitrogens is 2. The van der Waals surface area contributed by atoms with Crippen molar-refractivity contribution in [1.82, 2.24) is 14.1 Å². The van der Waals surface area contributed by atoms with Crippen LogP contribution in [-0.4, -0.2) is 46.8 Å². The smallest absolute Gasteiger partial charge is 0.246 e. The minimum atomic E-state index is -3.57. The second-order valence-corrected chi connectivity index (χ2v) is 8.96. The van der Waals surface area contributed by atoms with Gasteiger partial charge in [-0.15, -0.1) is 0 Å². The molecule has 1 aliphatic heterocycles. The molecule has 1 aromatic heterocycles. The second kappa shape index (κ2) is 6.91. The van der Waals surface area contributed by atoms with E-state index in [1.165, 1.54) is 4.31 Å². The average Bonchev–Trinajstić information content (AvgIpc) is 2.73. The van der Waals surface area contributed by atoms with Gasteiger partial charge in [-0.05, 0) is 45.4 Å². The Morgan fingerprint density at radius 2 is 1.96 bits per heavy atom. The standard InChI is InChI=1S/C16H29N3O3S/c1-11(2)9-19-13(4)16(12(3)17-19)23(21,22)18-8-6-7-15(10-18)14(5)20/h11,14-15,20H,6-10H2,1-5H3/t14-,15-/m0/s1. The van der Waals surface area contributed by atoms with E-state index in [4.69, 9.17) is 0 Å². The first kappa shape index (κ1) is 18.4. The number of aliphatic hydroxyl groups is 1. The highest BCUT2D eigenvalue weighted by Crippen LogP contribution is 2.29. The largest absolute Gasteiger partial charge is 0.393 e. The number of aliphatic hydroxyl groups excluding tert-OH is 1. The lowest BCUT2D eigenvalue weighted by molar-refractivity contribution is 0.0885. The SMILES string of the molecule is Cc1nn(CC(C)C)c(C)c1S(=O)(=O)N1CCC[C@H]([C@H](C)O)C1. The van der Waals surface area contributed by atoms with Crippen LogP contribution < -0.4 is 0 Å². The van der Waals surface area contributed by atoms with E-state index >= 15 is 0 Å². The monoisotopic (exact) mass is 343 g/mol. The zero-order valence-corrected chi connectivity index (χ0v) is 15.6. The van der Waals surface area contributed by atoms with Crippen LogP contribution in [0.25, 0.3) is 0 Å². The van der Waals surface area contributed by atoms with Gasteiger partial charge in [-0.25, -0.2) is 8.42 Å². The van der Waals surface area contributed by atoms with E-state index in [0.717, 1.165) is 12.8 Å². The number of aryl methyl sites for hydroxylation is 1. The maximum atomic E-state index is 13.1. The number of piperidine rings is 1. The Kier molecular flexibility index (Phi) is 5.53. The molecule has 0 spiro atoms. The highest BCUT2D eigenvalue weighted by atomic mass is 32.2. The third kappa shape index (κ3) is 3.78. The van der Waals surface area contributed by atoms with E-state index in [9.17, 15) is 13.5 Å². The average molecular weight is 343 g/mol. The molecule has 132 valence electrons. The van der Waals surface area contributed by atoms with Gasteiger partial charge in [0, 0.05) is 19.6 Å². The molecule has 0 unspecified atom stereocenters. The topological polar surface area (TPSA) is 75.4 Å². The van der Waals surface area contributed by atoms with E-state index in [-0.39, 0.29) is 5.92 Å². The molecule has 1 fully saturated rings. The molecular formula is C16H29N3O3S. The molecule has 0 radical (unpaired) electrons. The summed E-state index contributed by atoms with van der Waals surface area (Å²) in [4.78, 5) is 0.337. The maximum absolute atomic E-state index is 13.1. The molecule has 0 aromatic carbocycles. The van der Waals surface area contributed by atoms with Crippen LogP contribution in [0.3, 0.4) is 0 Å². The van der Waals surface area contributed by atoms with Gasteiger partial charge in [-0.1, -0.05) is 13.8 Å². The fourth-order valence-corrected chi connectivity index (χ4v) is 5.20. The maximum Gasteiger partial charge on any atom is 0.246 e. The van der Waals surface area contributed by atoms with Crippen LogP contribution in [0, 0.1) is 25.7 Å². The Morgan fingerprint density at radius 3 is 2.52 bits per heavy atom. The molecular weight excluding hydrogens is 314 g/mol. The summed E-state index contributed by atoms with van der Waals surface area (Å²) in [5.74, 6) is 0.406. The Balaban J connectivity index is 2.34. The lowest BCUT2D eigenvalue weighted by Gasteiger charge is -2.33. The van der Waals surface area contributed by atoms with Crippen LogP contribution >= 0.6 is 0 Å². The van der Waals surface area contributed by atoms with E-state index in [1.807, 2.05) is 6.92 Å². The quantitative estimate of drug-likeness (QED) is 0.886. The molecule has 1 aliphatic rings. The summed E-state index contributed by atoms with van der Waals surface area (Å²) < 4.78 is 29.5. The van der Waals surface area contributed by atoms with E-state index in [1.54, 1.807) is 18.5 Å². The van der Waals surface area contributed by atoms with Crippen LogP contribution in [0.4, 0.5) is 0 Å². The predicted octanol–water partition coefficient (Wildman–Crippen LogP) is 1.94. The van der Waals surface area contributed by atoms with Gasteiger partial charge in [-0.2, -0.15) is 9.40 Å². The van der Waals surface area contributed by atoms with Crippen LogP contribution in [-0.2, 0) is 16.6 Å². The van der Waals surface area contributed by atoms with Crippen molar-refractivity contribution in [3.63, 3.8) is 0 Å². The van der Waals surface area contributed by atoms with Crippen molar-refractivity contribution >= 4 is 10.0 Å². The number of rotatable bonds is 5. The zero-order valence-electron chi connectivity index (χ0n) is 14.8. The lowest BCUT2D eigenvalue weighted by atomic mass is 9.95. The molecule has 7 heteroatoms. The van der Waals surface area contributed by atoms with Crippen molar-refractivity contribution in [3.8, 4) is 0 Å². The summed E-state index contributed by atoms with van der Waals surface area (Å²) in [7, 11) is -3.57. The Morgan fingerprint density at radius 1 is 1.30 bits per heavy atom. The summed E-state index contributed by atoms with van der Waals surface area (Å²) in [6, 6.07) is 0. The van der Waals surface area contributed by atoms with Crippen molar-refractivity contribution in [2.45, 2.75) is 65.0 Å². The summed E-state index contributed by atoms with van der Waals surface area (Å²) in [5, 5.41) is 14.2. The number of sulfonamides is 1. The Bertz CT molecular complexity index is 650. The first-order chi connectivity index (χ1) is 10.6. The molecule has 2 heterocycles. The highest BCUT2D eigenvalue weighted by Gasteiger charge is 2.35. The lowest BCUT2D eigenvalue weighted by Crippen LogP contribution is -2.43. The minimum absolute atomic E-state index is 0.00449.